The molecular weight excluding hydrogens is 189 g/mol. The lowest BCUT2D eigenvalue weighted by molar-refractivity contribution is 0.629. The zero-order chi connectivity index (χ0) is 9.42. The molecule has 0 aliphatic rings. The first kappa shape index (κ1) is 8.45. The molecule has 1 aromatic carbocycles. The van der Waals surface area contributed by atoms with E-state index in [2.05, 4.69) is 4.98 Å². The van der Waals surface area contributed by atoms with Crippen molar-refractivity contribution in [2.75, 3.05) is 0 Å². The van der Waals surface area contributed by atoms with Gasteiger partial charge in [-0.3, -0.25) is 0 Å². The molecule has 1 aromatic heterocycles. The Kier molecular flexibility index (Phi) is 1.93. The SMILES string of the molecule is Cc1cc2cc(F)ccc2nc1Cl. The van der Waals surface area contributed by atoms with Crippen LogP contribution in [0.2, 0.25) is 5.15 Å². The highest BCUT2D eigenvalue weighted by Gasteiger charge is 2.01. The fourth-order valence-corrected chi connectivity index (χ4v) is 1.38. The van der Waals surface area contributed by atoms with Crippen molar-refractivity contribution in [1.82, 2.24) is 4.98 Å². The van der Waals surface area contributed by atoms with Gasteiger partial charge in [-0.2, -0.15) is 0 Å². The summed E-state index contributed by atoms with van der Waals surface area (Å²) in [5.74, 6) is -0.254. The number of benzene rings is 1. The van der Waals surface area contributed by atoms with Crippen molar-refractivity contribution in [2.45, 2.75) is 6.92 Å². The highest BCUT2D eigenvalue weighted by Crippen LogP contribution is 2.20. The van der Waals surface area contributed by atoms with Crippen LogP contribution in [0.4, 0.5) is 4.39 Å². The summed E-state index contributed by atoms with van der Waals surface area (Å²) in [6, 6.07) is 6.27. The molecule has 0 aliphatic carbocycles. The standard InChI is InChI=1S/C10H7ClFN/c1-6-4-7-5-8(12)2-3-9(7)13-10(6)11/h2-5H,1H3. The molecule has 0 N–H and O–H groups in total. The van der Waals surface area contributed by atoms with E-state index in [1.807, 2.05) is 13.0 Å². The molecule has 66 valence electrons. The molecule has 0 saturated heterocycles. The lowest BCUT2D eigenvalue weighted by Gasteiger charge is -2.00. The van der Waals surface area contributed by atoms with E-state index in [4.69, 9.17) is 11.6 Å². The minimum Gasteiger partial charge on any atom is -0.236 e. The number of pyridine rings is 1. The molecule has 13 heavy (non-hydrogen) atoms. The Bertz CT molecular complexity index is 468. The summed E-state index contributed by atoms with van der Waals surface area (Å²) < 4.78 is 12.8. The van der Waals surface area contributed by atoms with E-state index in [9.17, 15) is 4.39 Å². The molecule has 2 rings (SSSR count). The zero-order valence-electron chi connectivity index (χ0n) is 7.01. The highest BCUT2D eigenvalue weighted by atomic mass is 35.5. The van der Waals surface area contributed by atoms with Crippen LogP contribution in [0.3, 0.4) is 0 Å². The molecule has 0 radical (unpaired) electrons. The van der Waals surface area contributed by atoms with Gasteiger partial charge in [0.25, 0.3) is 0 Å². The van der Waals surface area contributed by atoms with Crippen LogP contribution in [-0.4, -0.2) is 4.98 Å². The Balaban J connectivity index is 2.81. The van der Waals surface area contributed by atoms with Crippen LogP contribution in [0.15, 0.2) is 24.3 Å². The van der Waals surface area contributed by atoms with Crippen molar-refractivity contribution in [1.29, 1.82) is 0 Å². The van der Waals surface area contributed by atoms with Crippen LogP contribution in [0, 0.1) is 12.7 Å². The van der Waals surface area contributed by atoms with Crippen molar-refractivity contribution >= 4 is 22.5 Å². The molecule has 0 saturated carbocycles. The zero-order valence-corrected chi connectivity index (χ0v) is 7.77. The van der Waals surface area contributed by atoms with E-state index in [1.54, 1.807) is 6.07 Å². The maximum absolute atomic E-state index is 12.8. The number of fused-ring (bicyclic) bond motifs is 1. The van der Waals surface area contributed by atoms with E-state index in [0.717, 1.165) is 16.5 Å². The van der Waals surface area contributed by atoms with Gasteiger partial charge in [-0.05, 0) is 36.8 Å². The van der Waals surface area contributed by atoms with Crippen molar-refractivity contribution in [2.24, 2.45) is 0 Å². The molecule has 0 bridgehead atoms. The molecule has 1 nitrogen and oxygen atoms in total. The molecule has 2 aromatic rings. The Morgan fingerprint density at radius 3 is 2.85 bits per heavy atom. The summed E-state index contributed by atoms with van der Waals surface area (Å²) in [5, 5.41) is 1.25. The van der Waals surface area contributed by atoms with Gasteiger partial charge < -0.3 is 0 Å². The van der Waals surface area contributed by atoms with E-state index in [-0.39, 0.29) is 5.82 Å². The van der Waals surface area contributed by atoms with E-state index in [0.29, 0.717) is 5.15 Å². The average Bonchev–Trinajstić information content (AvgIpc) is 2.08. The van der Waals surface area contributed by atoms with Crippen LogP contribution < -0.4 is 0 Å². The first-order chi connectivity index (χ1) is 6.16. The van der Waals surface area contributed by atoms with Crippen molar-refractivity contribution < 1.29 is 4.39 Å². The Morgan fingerprint density at radius 1 is 1.31 bits per heavy atom. The van der Waals surface area contributed by atoms with Gasteiger partial charge >= 0.3 is 0 Å². The summed E-state index contributed by atoms with van der Waals surface area (Å²) >= 11 is 5.82. The van der Waals surface area contributed by atoms with Gasteiger partial charge in [0, 0.05) is 5.39 Å². The van der Waals surface area contributed by atoms with Crippen molar-refractivity contribution in [3.05, 3.63) is 40.8 Å². The number of aryl methyl sites for hydroxylation is 1. The van der Waals surface area contributed by atoms with Crippen LogP contribution in [0.25, 0.3) is 10.9 Å². The van der Waals surface area contributed by atoms with E-state index >= 15 is 0 Å². The Labute approximate surface area is 80.2 Å². The number of rotatable bonds is 0. The van der Waals surface area contributed by atoms with E-state index < -0.39 is 0 Å². The van der Waals surface area contributed by atoms with Gasteiger partial charge in [-0.15, -0.1) is 0 Å². The molecule has 0 amide bonds. The average molecular weight is 196 g/mol. The summed E-state index contributed by atoms with van der Waals surface area (Å²) in [7, 11) is 0. The minimum atomic E-state index is -0.254. The minimum absolute atomic E-state index is 0.254. The smallest absolute Gasteiger partial charge is 0.132 e. The third-order valence-electron chi connectivity index (χ3n) is 1.91. The van der Waals surface area contributed by atoms with E-state index in [1.165, 1.54) is 12.1 Å². The topological polar surface area (TPSA) is 12.9 Å². The fourth-order valence-electron chi connectivity index (χ4n) is 1.23. The molecule has 0 spiro atoms. The van der Waals surface area contributed by atoms with Crippen LogP contribution in [-0.2, 0) is 0 Å². The third-order valence-corrected chi connectivity index (χ3v) is 2.29. The number of hydrogen-bond acceptors (Lipinski definition) is 1. The van der Waals surface area contributed by atoms with Gasteiger partial charge in [0.1, 0.15) is 11.0 Å². The maximum atomic E-state index is 12.8. The van der Waals surface area contributed by atoms with Gasteiger partial charge in [0.2, 0.25) is 0 Å². The lowest BCUT2D eigenvalue weighted by atomic mass is 10.2. The molecular formula is C10H7ClFN. The summed E-state index contributed by atoms with van der Waals surface area (Å²) in [4.78, 5) is 4.12. The lowest BCUT2D eigenvalue weighted by Crippen LogP contribution is -1.85. The number of hydrogen-bond donors (Lipinski definition) is 0. The fraction of sp³-hybridized carbons (Fsp3) is 0.100. The van der Waals surface area contributed by atoms with Crippen molar-refractivity contribution in [3.8, 4) is 0 Å². The van der Waals surface area contributed by atoms with Gasteiger partial charge in [0.15, 0.2) is 0 Å². The summed E-state index contributed by atoms with van der Waals surface area (Å²) in [6.07, 6.45) is 0. The van der Waals surface area contributed by atoms with Crippen LogP contribution >= 0.6 is 11.6 Å². The van der Waals surface area contributed by atoms with Gasteiger partial charge in [0.05, 0.1) is 5.52 Å². The molecule has 3 heteroatoms. The number of aromatic nitrogens is 1. The first-order valence-electron chi connectivity index (χ1n) is 3.89. The molecule has 0 unspecified atom stereocenters. The number of halogens is 2. The maximum Gasteiger partial charge on any atom is 0.132 e. The highest BCUT2D eigenvalue weighted by molar-refractivity contribution is 6.30. The molecule has 0 aliphatic heterocycles. The predicted molar refractivity (Wildman–Crippen MR) is 51.4 cm³/mol. The second kappa shape index (κ2) is 2.96. The second-order valence-corrected chi connectivity index (χ2v) is 3.29. The summed E-state index contributed by atoms with van der Waals surface area (Å²) in [6.45, 7) is 1.85. The van der Waals surface area contributed by atoms with Gasteiger partial charge in [-0.1, -0.05) is 11.6 Å². The largest absolute Gasteiger partial charge is 0.236 e. The Hall–Kier alpha value is -1.15. The molecule has 0 fully saturated rings. The number of nitrogens with zero attached hydrogens (tertiary/aromatic N) is 1. The van der Waals surface area contributed by atoms with Crippen molar-refractivity contribution in [3.63, 3.8) is 0 Å². The van der Waals surface area contributed by atoms with Crippen LogP contribution in [0.5, 0.6) is 0 Å². The first-order valence-corrected chi connectivity index (χ1v) is 4.27. The van der Waals surface area contributed by atoms with Gasteiger partial charge in [-0.25, -0.2) is 9.37 Å². The quantitative estimate of drug-likeness (QED) is 0.588. The third kappa shape index (κ3) is 1.49. The second-order valence-electron chi connectivity index (χ2n) is 2.93. The predicted octanol–water partition coefficient (Wildman–Crippen LogP) is 3.34. The summed E-state index contributed by atoms with van der Waals surface area (Å²) in [5.41, 5.74) is 1.58. The normalized spacial score (nSPS) is 10.7. The Morgan fingerprint density at radius 2 is 2.08 bits per heavy atom. The van der Waals surface area contributed by atoms with Crippen LogP contribution in [0.1, 0.15) is 5.56 Å². The monoisotopic (exact) mass is 195 g/mol. The molecule has 1 heterocycles. The molecule has 0 atom stereocenters.